The van der Waals surface area contributed by atoms with Gasteiger partial charge in [-0.3, -0.25) is 15.0 Å². The van der Waals surface area contributed by atoms with Gasteiger partial charge in [-0.15, -0.1) is 0 Å². The number of morpholine rings is 1. The van der Waals surface area contributed by atoms with Gasteiger partial charge in [0.1, 0.15) is 6.04 Å². The molecule has 0 aliphatic carbocycles. The maximum atomic E-state index is 10.9. The molecule has 0 aromatic heterocycles. The van der Waals surface area contributed by atoms with E-state index >= 15 is 0 Å². The lowest BCUT2D eigenvalue weighted by Crippen LogP contribution is -2.50. The van der Waals surface area contributed by atoms with Crippen molar-refractivity contribution >= 4 is 5.97 Å². The van der Waals surface area contributed by atoms with Gasteiger partial charge in [0, 0.05) is 32.8 Å². The molecule has 17 heavy (non-hydrogen) atoms. The Morgan fingerprint density at radius 3 is 2.71 bits per heavy atom. The lowest BCUT2D eigenvalue weighted by molar-refractivity contribution is -0.141. The van der Waals surface area contributed by atoms with Gasteiger partial charge in [0.25, 0.3) is 0 Å². The summed E-state index contributed by atoms with van der Waals surface area (Å²) in [5.74, 6) is -0.874. The van der Waals surface area contributed by atoms with Gasteiger partial charge in [-0.05, 0) is 6.92 Å². The van der Waals surface area contributed by atoms with E-state index < -0.39 is 12.0 Å². The number of methoxy groups -OCH3 is 1. The van der Waals surface area contributed by atoms with Crippen molar-refractivity contribution in [1.82, 2.24) is 10.2 Å². The Labute approximate surface area is 102 Å². The molecule has 0 bridgehead atoms. The molecular formula is C11H22N2O4. The van der Waals surface area contributed by atoms with E-state index in [1.54, 1.807) is 0 Å². The molecule has 2 unspecified atom stereocenters. The van der Waals surface area contributed by atoms with Crippen molar-refractivity contribution in [2.75, 3.05) is 46.6 Å². The van der Waals surface area contributed by atoms with Crippen LogP contribution in [0.25, 0.3) is 0 Å². The number of ether oxygens (including phenoxy) is 2. The topological polar surface area (TPSA) is 71.0 Å². The first kappa shape index (κ1) is 14.4. The second kappa shape index (κ2) is 7.60. The number of nitrogens with zero attached hydrogens (tertiary/aromatic N) is 1. The van der Waals surface area contributed by atoms with Crippen LogP contribution >= 0.6 is 0 Å². The maximum Gasteiger partial charge on any atom is 0.323 e. The van der Waals surface area contributed by atoms with Gasteiger partial charge in [0.15, 0.2) is 0 Å². The molecule has 100 valence electrons. The molecule has 0 radical (unpaired) electrons. The molecule has 1 aliphatic rings. The predicted molar refractivity (Wildman–Crippen MR) is 63.2 cm³/mol. The average molecular weight is 246 g/mol. The van der Waals surface area contributed by atoms with Crippen LogP contribution in [0.4, 0.5) is 0 Å². The molecule has 2 atom stereocenters. The highest BCUT2D eigenvalue weighted by Gasteiger charge is 2.21. The number of hydrogen-bond donors (Lipinski definition) is 2. The monoisotopic (exact) mass is 246 g/mol. The highest BCUT2D eigenvalue weighted by Crippen LogP contribution is 1.99. The van der Waals surface area contributed by atoms with E-state index in [0.29, 0.717) is 0 Å². The largest absolute Gasteiger partial charge is 0.480 e. The summed E-state index contributed by atoms with van der Waals surface area (Å²) in [6.45, 7) is 6.34. The van der Waals surface area contributed by atoms with Crippen LogP contribution < -0.4 is 5.32 Å². The molecule has 1 heterocycles. The number of hydrogen-bond acceptors (Lipinski definition) is 5. The number of aliphatic carboxylic acids is 1. The molecule has 6 nitrogen and oxygen atoms in total. The van der Waals surface area contributed by atoms with Gasteiger partial charge in [-0.2, -0.15) is 0 Å². The number of carbonyl (C=O) groups is 1. The van der Waals surface area contributed by atoms with Crippen molar-refractivity contribution in [3.8, 4) is 0 Å². The summed E-state index contributed by atoms with van der Waals surface area (Å²) >= 11 is 0. The minimum atomic E-state index is -0.874. The summed E-state index contributed by atoms with van der Waals surface area (Å²) in [5.41, 5.74) is 0. The van der Waals surface area contributed by atoms with Gasteiger partial charge >= 0.3 is 5.97 Å². The normalized spacial score (nSPS) is 21.1. The van der Waals surface area contributed by atoms with Crippen LogP contribution in [0.2, 0.25) is 0 Å². The lowest BCUT2D eigenvalue weighted by Gasteiger charge is -2.30. The van der Waals surface area contributed by atoms with Crippen LogP contribution in [0, 0.1) is 0 Å². The lowest BCUT2D eigenvalue weighted by atomic mass is 10.2. The Hall–Kier alpha value is -0.690. The van der Waals surface area contributed by atoms with Crippen molar-refractivity contribution in [1.29, 1.82) is 0 Å². The minimum absolute atomic E-state index is 0.115. The van der Waals surface area contributed by atoms with E-state index in [1.807, 2.05) is 6.92 Å². The van der Waals surface area contributed by atoms with E-state index in [-0.39, 0.29) is 12.6 Å². The zero-order valence-electron chi connectivity index (χ0n) is 10.5. The fourth-order valence-electron chi connectivity index (χ4n) is 1.92. The number of nitrogens with one attached hydrogen (secondary N) is 1. The fourth-order valence-corrected chi connectivity index (χ4v) is 1.92. The molecule has 1 saturated heterocycles. The summed E-state index contributed by atoms with van der Waals surface area (Å²) in [4.78, 5) is 13.2. The average Bonchev–Trinajstić information content (AvgIpc) is 2.29. The van der Waals surface area contributed by atoms with E-state index in [2.05, 4.69) is 10.2 Å². The van der Waals surface area contributed by atoms with Crippen LogP contribution in [0.5, 0.6) is 0 Å². The molecule has 1 fully saturated rings. The maximum absolute atomic E-state index is 10.9. The SMILES string of the molecule is COCC(NC(C)CN1CCOCC1)C(=O)O. The van der Waals surface area contributed by atoms with E-state index in [1.165, 1.54) is 7.11 Å². The third kappa shape index (κ3) is 5.45. The third-order valence-corrected chi connectivity index (χ3v) is 2.75. The molecule has 1 aliphatic heterocycles. The van der Waals surface area contributed by atoms with Crippen molar-refractivity contribution in [2.24, 2.45) is 0 Å². The van der Waals surface area contributed by atoms with E-state index in [0.717, 1.165) is 32.8 Å². The Bertz CT molecular complexity index is 232. The summed E-state index contributed by atoms with van der Waals surface area (Å²) < 4.78 is 10.1. The Balaban J connectivity index is 2.30. The van der Waals surface area contributed by atoms with Gasteiger partial charge < -0.3 is 14.6 Å². The van der Waals surface area contributed by atoms with Crippen LogP contribution in [0.15, 0.2) is 0 Å². The molecular weight excluding hydrogens is 224 g/mol. The fraction of sp³-hybridized carbons (Fsp3) is 0.909. The molecule has 0 aromatic rings. The molecule has 0 spiro atoms. The summed E-state index contributed by atoms with van der Waals surface area (Å²) in [6.07, 6.45) is 0. The summed E-state index contributed by atoms with van der Waals surface area (Å²) in [7, 11) is 1.50. The standard InChI is InChI=1S/C11H22N2O4/c1-9(7-13-3-5-17-6-4-13)12-10(8-16-2)11(14)15/h9-10,12H,3-8H2,1-2H3,(H,14,15). The van der Waals surface area contributed by atoms with Gasteiger partial charge in [0.2, 0.25) is 0 Å². The van der Waals surface area contributed by atoms with Crippen molar-refractivity contribution in [3.63, 3.8) is 0 Å². The number of rotatable bonds is 7. The van der Waals surface area contributed by atoms with E-state index in [4.69, 9.17) is 14.6 Å². The predicted octanol–water partition coefficient (Wildman–Crippen LogP) is -0.604. The summed E-state index contributed by atoms with van der Waals surface area (Å²) in [5, 5.41) is 12.0. The van der Waals surface area contributed by atoms with Gasteiger partial charge in [0.05, 0.1) is 19.8 Å². The quantitative estimate of drug-likeness (QED) is 0.625. The smallest absolute Gasteiger partial charge is 0.323 e. The molecule has 0 aromatic carbocycles. The molecule has 0 amide bonds. The van der Waals surface area contributed by atoms with E-state index in [9.17, 15) is 4.79 Å². The zero-order valence-corrected chi connectivity index (χ0v) is 10.5. The van der Waals surface area contributed by atoms with Crippen LogP contribution in [-0.4, -0.2) is 74.6 Å². The molecule has 6 heteroatoms. The second-order valence-corrected chi connectivity index (χ2v) is 4.33. The molecule has 0 saturated carbocycles. The second-order valence-electron chi connectivity index (χ2n) is 4.33. The first-order valence-corrected chi connectivity index (χ1v) is 5.91. The van der Waals surface area contributed by atoms with Crippen LogP contribution in [0.3, 0.4) is 0 Å². The summed E-state index contributed by atoms with van der Waals surface area (Å²) in [6, 6.07) is -0.527. The third-order valence-electron chi connectivity index (χ3n) is 2.75. The highest BCUT2D eigenvalue weighted by atomic mass is 16.5. The van der Waals surface area contributed by atoms with Crippen molar-refractivity contribution < 1.29 is 19.4 Å². The minimum Gasteiger partial charge on any atom is -0.480 e. The first-order chi connectivity index (χ1) is 8.13. The van der Waals surface area contributed by atoms with Gasteiger partial charge in [-0.25, -0.2) is 0 Å². The van der Waals surface area contributed by atoms with Crippen LogP contribution in [0.1, 0.15) is 6.92 Å². The van der Waals surface area contributed by atoms with Crippen molar-refractivity contribution in [2.45, 2.75) is 19.0 Å². The number of carboxylic acids is 1. The Morgan fingerprint density at radius 2 is 2.18 bits per heavy atom. The Kier molecular flexibility index (Phi) is 6.43. The molecule has 1 rings (SSSR count). The first-order valence-electron chi connectivity index (χ1n) is 5.91. The van der Waals surface area contributed by atoms with Crippen molar-refractivity contribution in [3.05, 3.63) is 0 Å². The van der Waals surface area contributed by atoms with Crippen LogP contribution in [-0.2, 0) is 14.3 Å². The number of carboxylic acid groups (broad SMARTS) is 1. The molecule has 2 N–H and O–H groups in total. The highest BCUT2D eigenvalue weighted by molar-refractivity contribution is 5.73. The van der Waals surface area contributed by atoms with Gasteiger partial charge in [-0.1, -0.05) is 0 Å². The zero-order chi connectivity index (χ0) is 12.7. The Morgan fingerprint density at radius 1 is 1.53 bits per heavy atom.